The van der Waals surface area contributed by atoms with E-state index in [1.54, 1.807) is 7.05 Å². The molecule has 0 saturated heterocycles. The zero-order valence-electron chi connectivity index (χ0n) is 7.66. The van der Waals surface area contributed by atoms with Crippen molar-refractivity contribution < 1.29 is 4.79 Å². The van der Waals surface area contributed by atoms with Gasteiger partial charge < -0.3 is 4.79 Å². The summed E-state index contributed by atoms with van der Waals surface area (Å²) in [6, 6.07) is 9.96. The molecule has 0 radical (unpaired) electrons. The molecule has 1 aromatic rings. The van der Waals surface area contributed by atoms with E-state index in [4.69, 9.17) is 0 Å². The third kappa shape index (κ3) is 3.36. The highest BCUT2D eigenvalue weighted by Gasteiger charge is 2.00. The van der Waals surface area contributed by atoms with Crippen molar-refractivity contribution in [3.8, 4) is 0 Å². The number of benzene rings is 1. The number of aldehydes is 1. The molecule has 70 valence electrons. The average Bonchev–Trinajstić information content (AvgIpc) is 2.21. The third-order valence-corrected chi connectivity index (χ3v) is 1.82. The van der Waals surface area contributed by atoms with Crippen LogP contribution in [0.4, 0.5) is 0 Å². The third-order valence-electron chi connectivity index (χ3n) is 1.82. The highest BCUT2D eigenvalue weighted by Crippen LogP contribution is 1.96. The van der Waals surface area contributed by atoms with E-state index in [0.29, 0.717) is 6.54 Å². The lowest BCUT2D eigenvalue weighted by molar-refractivity contribution is -0.110. The maximum absolute atomic E-state index is 10.4. The largest absolute Gasteiger partial charge is 0.300 e. The first-order valence-corrected chi connectivity index (χ1v) is 4.26. The number of rotatable bonds is 5. The molecule has 0 amide bonds. The molecule has 1 rings (SSSR count). The highest BCUT2D eigenvalue weighted by molar-refractivity contribution is 5.56. The second-order valence-corrected chi connectivity index (χ2v) is 2.77. The van der Waals surface area contributed by atoms with Crippen LogP contribution < -0.4 is 10.6 Å². The van der Waals surface area contributed by atoms with Crippen LogP contribution in [0.1, 0.15) is 5.56 Å². The molecule has 0 heterocycles. The van der Waals surface area contributed by atoms with Gasteiger partial charge in [-0.1, -0.05) is 30.3 Å². The number of nitrogens with one attached hydrogen (secondary N) is 2. The van der Waals surface area contributed by atoms with Crippen LogP contribution in [0.3, 0.4) is 0 Å². The molecule has 3 heteroatoms. The quantitative estimate of drug-likeness (QED) is 0.510. The number of hydrogen-bond acceptors (Lipinski definition) is 3. The van der Waals surface area contributed by atoms with Crippen LogP contribution in [0.5, 0.6) is 0 Å². The molecule has 0 aromatic heterocycles. The van der Waals surface area contributed by atoms with E-state index in [1.165, 1.54) is 5.56 Å². The Morgan fingerprint density at radius 3 is 2.62 bits per heavy atom. The smallest absolute Gasteiger partial charge is 0.151 e. The maximum atomic E-state index is 10.4. The first-order chi connectivity index (χ1) is 6.36. The Balaban J connectivity index is 2.38. The number of likely N-dealkylation sites (N-methyl/N-ethyl adjacent to an activating group) is 1. The summed E-state index contributed by atoms with van der Waals surface area (Å²) in [5, 5.41) is 5.90. The fraction of sp³-hybridized carbons (Fsp3) is 0.300. The van der Waals surface area contributed by atoms with E-state index in [9.17, 15) is 4.79 Å². The number of hydrogen-bond donors (Lipinski definition) is 2. The zero-order valence-corrected chi connectivity index (χ0v) is 7.66. The Morgan fingerprint density at radius 2 is 2.08 bits per heavy atom. The first-order valence-electron chi connectivity index (χ1n) is 4.26. The minimum Gasteiger partial charge on any atom is -0.300 e. The molecule has 0 spiro atoms. The molecule has 0 aliphatic rings. The molecule has 0 fully saturated rings. The molecule has 13 heavy (non-hydrogen) atoms. The van der Waals surface area contributed by atoms with Gasteiger partial charge in [-0.25, -0.2) is 0 Å². The predicted molar refractivity (Wildman–Crippen MR) is 52.2 cm³/mol. The van der Waals surface area contributed by atoms with Crippen molar-refractivity contribution in [1.29, 1.82) is 0 Å². The lowest BCUT2D eigenvalue weighted by atomic mass is 10.2. The van der Waals surface area contributed by atoms with Crippen LogP contribution in [-0.4, -0.2) is 19.5 Å². The highest BCUT2D eigenvalue weighted by atomic mass is 16.1. The van der Waals surface area contributed by atoms with Crippen molar-refractivity contribution >= 4 is 6.29 Å². The van der Waals surface area contributed by atoms with Crippen molar-refractivity contribution in [3.05, 3.63) is 35.9 Å². The summed E-state index contributed by atoms with van der Waals surface area (Å²) in [4.78, 5) is 10.4. The van der Waals surface area contributed by atoms with Gasteiger partial charge in [0.25, 0.3) is 0 Å². The topological polar surface area (TPSA) is 41.1 Å². The minimum atomic E-state index is -0.264. The van der Waals surface area contributed by atoms with Crippen LogP contribution >= 0.6 is 0 Å². The van der Waals surface area contributed by atoms with Gasteiger partial charge in [0.1, 0.15) is 6.17 Å². The zero-order chi connectivity index (χ0) is 9.52. The van der Waals surface area contributed by atoms with Crippen LogP contribution in [0, 0.1) is 0 Å². The van der Waals surface area contributed by atoms with Crippen molar-refractivity contribution in [1.82, 2.24) is 10.6 Å². The molecule has 1 unspecified atom stereocenters. The van der Waals surface area contributed by atoms with Crippen LogP contribution in [0.25, 0.3) is 0 Å². The van der Waals surface area contributed by atoms with E-state index >= 15 is 0 Å². The van der Waals surface area contributed by atoms with Crippen LogP contribution in [0.15, 0.2) is 30.3 Å². The molecular formula is C10H14N2O. The van der Waals surface area contributed by atoms with Crippen molar-refractivity contribution in [2.45, 2.75) is 12.7 Å². The predicted octanol–water partition coefficient (Wildman–Crippen LogP) is 0.521. The van der Waals surface area contributed by atoms with Gasteiger partial charge in [-0.2, -0.15) is 0 Å². The summed E-state index contributed by atoms with van der Waals surface area (Å²) in [6.07, 6.45) is 0.586. The molecule has 2 N–H and O–H groups in total. The number of carbonyl (C=O) groups excluding carboxylic acids is 1. The minimum absolute atomic E-state index is 0.264. The molecule has 0 saturated carbocycles. The Morgan fingerprint density at radius 1 is 1.38 bits per heavy atom. The van der Waals surface area contributed by atoms with E-state index in [0.717, 1.165) is 6.29 Å². The Labute approximate surface area is 78.2 Å². The molecule has 0 bridgehead atoms. The van der Waals surface area contributed by atoms with Crippen molar-refractivity contribution in [2.75, 3.05) is 7.05 Å². The summed E-state index contributed by atoms with van der Waals surface area (Å²) in [6.45, 7) is 0.699. The van der Waals surface area contributed by atoms with E-state index in [1.807, 2.05) is 30.3 Å². The molecule has 3 nitrogen and oxygen atoms in total. The van der Waals surface area contributed by atoms with Crippen LogP contribution in [0.2, 0.25) is 0 Å². The standard InChI is InChI=1S/C10H14N2O/c1-11-10(8-13)12-7-9-5-3-2-4-6-9/h2-6,8,10-12H,7H2,1H3. The normalized spacial score (nSPS) is 12.4. The van der Waals surface area contributed by atoms with Gasteiger partial charge in [0, 0.05) is 6.54 Å². The van der Waals surface area contributed by atoms with Crippen molar-refractivity contribution in [2.24, 2.45) is 0 Å². The first kappa shape index (κ1) is 9.89. The van der Waals surface area contributed by atoms with Gasteiger partial charge in [0.2, 0.25) is 0 Å². The molecular weight excluding hydrogens is 164 g/mol. The van der Waals surface area contributed by atoms with Gasteiger partial charge in [0.15, 0.2) is 6.29 Å². The van der Waals surface area contributed by atoms with E-state index in [2.05, 4.69) is 10.6 Å². The lowest BCUT2D eigenvalue weighted by Crippen LogP contribution is -2.40. The lowest BCUT2D eigenvalue weighted by Gasteiger charge is -2.10. The van der Waals surface area contributed by atoms with Gasteiger partial charge >= 0.3 is 0 Å². The SMILES string of the molecule is CNC(C=O)NCc1ccccc1. The Hall–Kier alpha value is -1.19. The summed E-state index contributed by atoms with van der Waals surface area (Å²) in [5.41, 5.74) is 1.17. The van der Waals surface area contributed by atoms with Crippen LogP contribution in [-0.2, 0) is 11.3 Å². The fourth-order valence-electron chi connectivity index (χ4n) is 1.04. The Kier molecular flexibility index (Phi) is 4.15. The average molecular weight is 178 g/mol. The molecule has 1 aromatic carbocycles. The molecule has 0 aliphatic carbocycles. The fourth-order valence-corrected chi connectivity index (χ4v) is 1.04. The van der Waals surface area contributed by atoms with Gasteiger partial charge in [0.05, 0.1) is 0 Å². The van der Waals surface area contributed by atoms with E-state index < -0.39 is 0 Å². The van der Waals surface area contributed by atoms with Gasteiger partial charge in [-0.3, -0.25) is 10.6 Å². The van der Waals surface area contributed by atoms with Crippen molar-refractivity contribution in [3.63, 3.8) is 0 Å². The second-order valence-electron chi connectivity index (χ2n) is 2.77. The van der Waals surface area contributed by atoms with E-state index in [-0.39, 0.29) is 6.17 Å². The van der Waals surface area contributed by atoms with Gasteiger partial charge in [-0.15, -0.1) is 0 Å². The molecule has 1 atom stereocenters. The summed E-state index contributed by atoms with van der Waals surface area (Å²) < 4.78 is 0. The summed E-state index contributed by atoms with van der Waals surface area (Å²) in [7, 11) is 1.75. The number of carbonyl (C=O) groups is 1. The monoisotopic (exact) mass is 178 g/mol. The second kappa shape index (κ2) is 5.45. The Bertz CT molecular complexity index is 248. The van der Waals surface area contributed by atoms with Gasteiger partial charge in [-0.05, 0) is 12.6 Å². The summed E-state index contributed by atoms with van der Waals surface area (Å²) >= 11 is 0. The summed E-state index contributed by atoms with van der Waals surface area (Å²) in [5.74, 6) is 0. The maximum Gasteiger partial charge on any atom is 0.151 e. The molecule has 0 aliphatic heterocycles.